The first-order chi connectivity index (χ1) is 7.93. The van der Waals surface area contributed by atoms with E-state index in [1.165, 1.54) is 11.5 Å². The van der Waals surface area contributed by atoms with Gasteiger partial charge in [-0.15, -0.1) is 0 Å². The Balaban J connectivity index is 3.10. The number of nitrogen functional groups attached to an aromatic ring is 1. The van der Waals surface area contributed by atoms with Crippen molar-refractivity contribution in [3.05, 3.63) is 39.7 Å². The highest BCUT2D eigenvalue weighted by Crippen LogP contribution is 2.21. The van der Waals surface area contributed by atoms with Crippen LogP contribution in [0.25, 0.3) is 10.9 Å². The third-order valence-electron chi connectivity index (χ3n) is 2.87. The van der Waals surface area contributed by atoms with Crippen molar-refractivity contribution in [2.75, 3.05) is 5.73 Å². The molecule has 0 bridgehead atoms. The number of rotatable bonds is 1. The molecule has 3 N–H and O–H groups in total. The number of aryl methyl sites for hydroxylation is 1. The van der Waals surface area contributed by atoms with E-state index in [4.69, 9.17) is 5.73 Å². The van der Waals surface area contributed by atoms with Gasteiger partial charge in [0.2, 0.25) is 0 Å². The van der Waals surface area contributed by atoms with Crippen LogP contribution >= 0.6 is 0 Å². The molecule has 0 atom stereocenters. The molecule has 88 valence electrons. The molecule has 0 aliphatic heterocycles. The van der Waals surface area contributed by atoms with Gasteiger partial charge in [-0.05, 0) is 25.1 Å². The molecule has 2 aromatic rings. The summed E-state index contributed by atoms with van der Waals surface area (Å²) in [6.45, 7) is 1.51. The Kier molecular flexibility index (Phi) is 2.38. The second kappa shape index (κ2) is 3.62. The SMILES string of the molecule is Cc1c(C(=O)O)c2cc(N)ccc2n(C)c1=O. The van der Waals surface area contributed by atoms with Crippen LogP contribution in [0.1, 0.15) is 15.9 Å². The standard InChI is InChI=1S/C12H12N2O3/c1-6-10(12(16)17)8-5-7(13)3-4-9(8)14(2)11(6)15/h3-5H,13H2,1-2H3,(H,16,17). The maximum absolute atomic E-state index is 11.9. The van der Waals surface area contributed by atoms with E-state index in [1.54, 1.807) is 25.2 Å². The van der Waals surface area contributed by atoms with Crippen molar-refractivity contribution in [2.24, 2.45) is 7.05 Å². The van der Waals surface area contributed by atoms with Gasteiger partial charge in [0.05, 0.1) is 11.1 Å². The van der Waals surface area contributed by atoms with E-state index in [0.29, 0.717) is 16.6 Å². The number of carbonyl (C=O) groups is 1. The Morgan fingerprint density at radius 3 is 2.65 bits per heavy atom. The fraction of sp³-hybridized carbons (Fsp3) is 0.167. The number of pyridine rings is 1. The Morgan fingerprint density at radius 1 is 1.41 bits per heavy atom. The molecule has 1 aromatic heterocycles. The lowest BCUT2D eigenvalue weighted by atomic mass is 10.0. The highest BCUT2D eigenvalue weighted by atomic mass is 16.4. The van der Waals surface area contributed by atoms with Gasteiger partial charge in [0, 0.05) is 23.7 Å². The average molecular weight is 232 g/mol. The van der Waals surface area contributed by atoms with E-state index in [9.17, 15) is 14.7 Å². The fourth-order valence-electron chi connectivity index (χ4n) is 1.99. The molecule has 2 rings (SSSR count). The summed E-state index contributed by atoms with van der Waals surface area (Å²) in [5.41, 5.74) is 6.62. The van der Waals surface area contributed by atoms with Crippen LogP contribution < -0.4 is 11.3 Å². The molecule has 1 aromatic carbocycles. The van der Waals surface area contributed by atoms with E-state index in [0.717, 1.165) is 0 Å². The largest absolute Gasteiger partial charge is 0.478 e. The third kappa shape index (κ3) is 1.56. The number of fused-ring (bicyclic) bond motifs is 1. The summed E-state index contributed by atoms with van der Waals surface area (Å²) >= 11 is 0. The summed E-state index contributed by atoms with van der Waals surface area (Å²) < 4.78 is 1.43. The molecule has 0 fully saturated rings. The number of aromatic nitrogens is 1. The van der Waals surface area contributed by atoms with Crippen molar-refractivity contribution in [1.82, 2.24) is 4.57 Å². The lowest BCUT2D eigenvalue weighted by Crippen LogP contribution is -2.23. The number of aromatic carboxylic acids is 1. The van der Waals surface area contributed by atoms with E-state index in [-0.39, 0.29) is 16.7 Å². The maximum Gasteiger partial charge on any atom is 0.336 e. The summed E-state index contributed by atoms with van der Waals surface area (Å²) in [7, 11) is 1.61. The molecular weight excluding hydrogens is 220 g/mol. The Bertz CT molecular complexity index is 686. The van der Waals surface area contributed by atoms with Crippen molar-refractivity contribution in [3.63, 3.8) is 0 Å². The number of hydrogen-bond donors (Lipinski definition) is 2. The van der Waals surface area contributed by atoms with Gasteiger partial charge in [0.25, 0.3) is 5.56 Å². The van der Waals surface area contributed by atoms with Crippen LogP contribution in [-0.4, -0.2) is 15.6 Å². The Morgan fingerprint density at radius 2 is 2.06 bits per heavy atom. The first kappa shape index (κ1) is 11.2. The summed E-state index contributed by atoms with van der Waals surface area (Å²) in [5, 5.41) is 9.66. The molecule has 1 heterocycles. The molecule has 0 aliphatic rings. The van der Waals surface area contributed by atoms with E-state index in [1.807, 2.05) is 0 Å². The number of nitrogens with two attached hydrogens (primary N) is 1. The van der Waals surface area contributed by atoms with Crippen molar-refractivity contribution in [1.29, 1.82) is 0 Å². The summed E-state index contributed by atoms with van der Waals surface area (Å²) in [6, 6.07) is 4.87. The number of carboxylic acid groups (broad SMARTS) is 1. The third-order valence-corrected chi connectivity index (χ3v) is 2.87. The second-order valence-corrected chi connectivity index (χ2v) is 3.95. The van der Waals surface area contributed by atoms with Crippen LogP contribution in [0.5, 0.6) is 0 Å². The monoisotopic (exact) mass is 232 g/mol. The van der Waals surface area contributed by atoms with E-state index < -0.39 is 5.97 Å². The molecule has 0 radical (unpaired) electrons. The van der Waals surface area contributed by atoms with Crippen LogP contribution in [0.3, 0.4) is 0 Å². The van der Waals surface area contributed by atoms with Crippen LogP contribution in [0.4, 0.5) is 5.69 Å². The quantitative estimate of drug-likeness (QED) is 0.721. The number of hydrogen-bond acceptors (Lipinski definition) is 3. The number of anilines is 1. The molecule has 0 aliphatic carbocycles. The summed E-state index contributed by atoms with van der Waals surface area (Å²) in [4.78, 5) is 23.1. The number of benzene rings is 1. The molecular formula is C12H12N2O3. The summed E-state index contributed by atoms with van der Waals surface area (Å²) in [6.07, 6.45) is 0. The first-order valence-corrected chi connectivity index (χ1v) is 5.05. The molecule has 0 saturated heterocycles. The first-order valence-electron chi connectivity index (χ1n) is 5.05. The molecule has 0 unspecified atom stereocenters. The molecule has 5 heteroatoms. The van der Waals surface area contributed by atoms with Crippen molar-refractivity contribution < 1.29 is 9.90 Å². The molecule has 0 saturated carbocycles. The number of nitrogens with zero attached hydrogens (tertiary/aromatic N) is 1. The lowest BCUT2D eigenvalue weighted by Gasteiger charge is -2.11. The Hall–Kier alpha value is -2.30. The van der Waals surface area contributed by atoms with Gasteiger partial charge in [0.1, 0.15) is 0 Å². The van der Waals surface area contributed by atoms with Gasteiger partial charge < -0.3 is 15.4 Å². The maximum atomic E-state index is 11.9. The van der Waals surface area contributed by atoms with Crippen LogP contribution in [0, 0.1) is 6.92 Å². The number of carboxylic acids is 1. The van der Waals surface area contributed by atoms with Crippen LogP contribution in [0.2, 0.25) is 0 Å². The minimum atomic E-state index is -1.11. The predicted molar refractivity (Wildman–Crippen MR) is 65.3 cm³/mol. The predicted octanol–water partition coefficient (Wildman–Crippen LogP) is 1.13. The topological polar surface area (TPSA) is 85.3 Å². The molecule has 5 nitrogen and oxygen atoms in total. The van der Waals surface area contributed by atoms with Gasteiger partial charge in [0.15, 0.2) is 0 Å². The van der Waals surface area contributed by atoms with Crippen LogP contribution in [0.15, 0.2) is 23.0 Å². The highest BCUT2D eigenvalue weighted by molar-refractivity contribution is 6.04. The van der Waals surface area contributed by atoms with Gasteiger partial charge >= 0.3 is 5.97 Å². The normalized spacial score (nSPS) is 10.7. The highest BCUT2D eigenvalue weighted by Gasteiger charge is 2.17. The van der Waals surface area contributed by atoms with Gasteiger partial charge in [-0.3, -0.25) is 4.79 Å². The van der Waals surface area contributed by atoms with E-state index >= 15 is 0 Å². The fourth-order valence-corrected chi connectivity index (χ4v) is 1.99. The van der Waals surface area contributed by atoms with E-state index in [2.05, 4.69) is 0 Å². The van der Waals surface area contributed by atoms with Crippen molar-refractivity contribution in [2.45, 2.75) is 6.92 Å². The minimum absolute atomic E-state index is 0.0235. The van der Waals surface area contributed by atoms with Crippen LogP contribution in [-0.2, 0) is 7.05 Å². The lowest BCUT2D eigenvalue weighted by molar-refractivity contribution is 0.0698. The zero-order valence-corrected chi connectivity index (χ0v) is 9.52. The van der Waals surface area contributed by atoms with Crippen molar-refractivity contribution in [3.8, 4) is 0 Å². The average Bonchev–Trinajstić information content (AvgIpc) is 2.25. The minimum Gasteiger partial charge on any atom is -0.478 e. The molecule has 17 heavy (non-hydrogen) atoms. The van der Waals surface area contributed by atoms with Crippen molar-refractivity contribution >= 4 is 22.6 Å². The Labute approximate surface area is 97.1 Å². The zero-order chi connectivity index (χ0) is 12.7. The van der Waals surface area contributed by atoms with Gasteiger partial charge in [-0.2, -0.15) is 0 Å². The van der Waals surface area contributed by atoms with Gasteiger partial charge in [-0.1, -0.05) is 0 Å². The molecule has 0 spiro atoms. The smallest absolute Gasteiger partial charge is 0.336 e. The zero-order valence-electron chi connectivity index (χ0n) is 9.52. The summed E-state index contributed by atoms with van der Waals surface area (Å²) in [5.74, 6) is -1.11. The molecule has 0 amide bonds. The van der Waals surface area contributed by atoms with Gasteiger partial charge in [-0.25, -0.2) is 4.79 Å². The second-order valence-electron chi connectivity index (χ2n) is 3.95.